The summed E-state index contributed by atoms with van der Waals surface area (Å²) in [6, 6.07) is 10.5. The van der Waals surface area contributed by atoms with Crippen molar-refractivity contribution in [3.05, 3.63) is 53.1 Å². The largest absolute Gasteiger partial charge is 0.493 e. The van der Waals surface area contributed by atoms with Crippen molar-refractivity contribution in [3.63, 3.8) is 0 Å². The van der Waals surface area contributed by atoms with Crippen molar-refractivity contribution in [1.29, 1.82) is 0 Å². The average Bonchev–Trinajstić information content (AvgIpc) is 3.48. The highest BCUT2D eigenvalue weighted by Crippen LogP contribution is 2.49. The summed E-state index contributed by atoms with van der Waals surface area (Å²) in [4.78, 5) is 42.9. The van der Waals surface area contributed by atoms with E-state index in [0.29, 0.717) is 40.4 Å². The fraction of sp³-hybridized carbons (Fsp3) is 0.400. The Bertz CT molecular complexity index is 1140. The number of methoxy groups -OCH3 is 2. The molecule has 0 aromatic heterocycles. The van der Waals surface area contributed by atoms with Crippen molar-refractivity contribution in [2.75, 3.05) is 38.8 Å². The Morgan fingerprint density at radius 2 is 1.94 bits per heavy atom. The van der Waals surface area contributed by atoms with Gasteiger partial charge in [0.2, 0.25) is 5.91 Å². The first-order valence-electron chi connectivity index (χ1n) is 11.4. The molecule has 0 radical (unpaired) electrons. The quantitative estimate of drug-likeness (QED) is 0.675. The Morgan fingerprint density at radius 3 is 2.68 bits per heavy atom. The zero-order valence-corrected chi connectivity index (χ0v) is 19.2. The first-order chi connectivity index (χ1) is 16.5. The van der Waals surface area contributed by atoms with Crippen molar-refractivity contribution in [3.8, 4) is 11.5 Å². The summed E-state index contributed by atoms with van der Waals surface area (Å²) >= 11 is 0. The van der Waals surface area contributed by atoms with Crippen LogP contribution in [0.15, 0.2) is 36.4 Å². The van der Waals surface area contributed by atoms with Gasteiger partial charge >= 0.3 is 0 Å². The lowest BCUT2D eigenvalue weighted by molar-refractivity contribution is -0.121. The second-order valence-corrected chi connectivity index (χ2v) is 8.52. The number of nitrogens with zero attached hydrogens (tertiary/aromatic N) is 2. The van der Waals surface area contributed by atoms with Crippen LogP contribution in [0.25, 0.3) is 0 Å². The number of nitrogens with one attached hydrogen (secondary N) is 1. The van der Waals surface area contributed by atoms with Gasteiger partial charge in [-0.15, -0.1) is 0 Å². The van der Waals surface area contributed by atoms with Crippen molar-refractivity contribution < 1.29 is 28.6 Å². The number of hydrogen-bond donors (Lipinski definition) is 1. The molecule has 3 heterocycles. The van der Waals surface area contributed by atoms with Gasteiger partial charge in [0, 0.05) is 31.7 Å². The van der Waals surface area contributed by atoms with E-state index >= 15 is 0 Å². The zero-order valence-electron chi connectivity index (χ0n) is 19.2. The molecule has 1 saturated heterocycles. The fourth-order valence-electron chi connectivity index (χ4n) is 4.99. The lowest BCUT2D eigenvalue weighted by atomic mass is 10.0. The molecule has 3 aliphatic heterocycles. The van der Waals surface area contributed by atoms with E-state index in [1.165, 1.54) is 14.2 Å². The van der Waals surface area contributed by atoms with Crippen molar-refractivity contribution in [2.45, 2.75) is 31.5 Å². The van der Waals surface area contributed by atoms with E-state index in [9.17, 15) is 14.4 Å². The minimum atomic E-state index is -0.671. The van der Waals surface area contributed by atoms with Gasteiger partial charge in [-0.1, -0.05) is 18.2 Å². The SMILES string of the molecule is COc1ccc2c(c1OC)C(=O)N1c3ccccc3C(=O)N(CCC(=O)NC[C@@H]3CCCO3)[C@@H]21. The molecule has 9 heteroatoms. The predicted octanol–water partition coefficient (Wildman–Crippen LogP) is 2.50. The summed E-state index contributed by atoms with van der Waals surface area (Å²) < 4.78 is 16.5. The molecule has 5 rings (SSSR count). The maximum atomic E-state index is 13.6. The van der Waals surface area contributed by atoms with E-state index in [-0.39, 0.29) is 36.8 Å². The van der Waals surface area contributed by atoms with Crippen molar-refractivity contribution in [1.82, 2.24) is 10.2 Å². The van der Waals surface area contributed by atoms with Crippen LogP contribution < -0.4 is 19.7 Å². The monoisotopic (exact) mass is 465 g/mol. The Kier molecular flexibility index (Phi) is 5.87. The van der Waals surface area contributed by atoms with Gasteiger partial charge in [0.1, 0.15) is 6.17 Å². The summed E-state index contributed by atoms with van der Waals surface area (Å²) in [6.45, 7) is 1.34. The molecule has 0 saturated carbocycles. The van der Waals surface area contributed by atoms with E-state index < -0.39 is 6.17 Å². The maximum absolute atomic E-state index is 13.6. The van der Waals surface area contributed by atoms with Crippen LogP contribution in [0.4, 0.5) is 5.69 Å². The number of para-hydroxylation sites is 1. The third-order valence-corrected chi connectivity index (χ3v) is 6.61. The number of anilines is 1. The van der Waals surface area contributed by atoms with Crippen LogP contribution in [0.2, 0.25) is 0 Å². The Labute approximate surface area is 197 Å². The Balaban J connectivity index is 1.46. The molecule has 2 aromatic carbocycles. The number of fused-ring (bicyclic) bond motifs is 5. The summed E-state index contributed by atoms with van der Waals surface area (Å²) in [5, 5.41) is 2.90. The van der Waals surface area contributed by atoms with Gasteiger partial charge in [-0.25, -0.2) is 0 Å². The average molecular weight is 466 g/mol. The Morgan fingerprint density at radius 1 is 1.12 bits per heavy atom. The number of carbonyl (C=O) groups is 3. The lowest BCUT2D eigenvalue weighted by Gasteiger charge is -2.40. The number of hydrogen-bond acceptors (Lipinski definition) is 6. The molecule has 2 aromatic rings. The van der Waals surface area contributed by atoms with Crippen LogP contribution in [-0.2, 0) is 9.53 Å². The van der Waals surface area contributed by atoms with Gasteiger partial charge in [-0.05, 0) is 31.0 Å². The van der Waals surface area contributed by atoms with Crippen LogP contribution in [0.5, 0.6) is 11.5 Å². The molecule has 9 nitrogen and oxygen atoms in total. The van der Waals surface area contributed by atoms with Gasteiger partial charge in [-0.2, -0.15) is 0 Å². The smallest absolute Gasteiger partial charge is 0.264 e. The third-order valence-electron chi connectivity index (χ3n) is 6.61. The molecular formula is C25H27N3O6. The molecular weight excluding hydrogens is 438 g/mol. The predicted molar refractivity (Wildman–Crippen MR) is 123 cm³/mol. The molecule has 0 unspecified atom stereocenters. The molecule has 178 valence electrons. The van der Waals surface area contributed by atoms with Crippen molar-refractivity contribution in [2.24, 2.45) is 0 Å². The van der Waals surface area contributed by atoms with Crippen LogP contribution >= 0.6 is 0 Å². The summed E-state index contributed by atoms with van der Waals surface area (Å²) in [5.74, 6) is 0.112. The van der Waals surface area contributed by atoms with Crippen LogP contribution in [0.3, 0.4) is 0 Å². The minimum absolute atomic E-state index is 0.0460. The van der Waals surface area contributed by atoms with Gasteiger partial charge in [0.05, 0.1) is 37.1 Å². The number of benzene rings is 2. The number of carbonyl (C=O) groups excluding carboxylic acids is 3. The van der Waals surface area contributed by atoms with Crippen LogP contribution in [0.1, 0.15) is 51.7 Å². The van der Waals surface area contributed by atoms with Gasteiger partial charge in [0.25, 0.3) is 11.8 Å². The second-order valence-electron chi connectivity index (χ2n) is 8.52. The number of amides is 3. The van der Waals surface area contributed by atoms with E-state index in [4.69, 9.17) is 14.2 Å². The molecule has 3 aliphatic rings. The van der Waals surface area contributed by atoms with Crippen LogP contribution in [0, 0.1) is 0 Å². The number of rotatable bonds is 7. The lowest BCUT2D eigenvalue weighted by Crippen LogP contribution is -2.49. The molecule has 0 bridgehead atoms. The summed E-state index contributed by atoms with van der Waals surface area (Å²) in [5.41, 5.74) is 1.97. The van der Waals surface area contributed by atoms with Gasteiger partial charge in [0.15, 0.2) is 11.5 Å². The topological polar surface area (TPSA) is 97.4 Å². The number of ether oxygens (including phenoxy) is 3. The zero-order chi connectivity index (χ0) is 23.8. The third kappa shape index (κ3) is 3.56. The fourth-order valence-corrected chi connectivity index (χ4v) is 4.99. The standard InChI is InChI=1S/C25H27N3O6/c1-32-19-10-9-17-21(22(19)33-2)25(31)28-18-8-4-3-7-16(18)24(30)27(23(17)28)12-11-20(29)26-14-15-6-5-13-34-15/h3-4,7-10,15,23H,5-6,11-14H2,1-2H3,(H,26,29)/t15-,23+/m0/s1. The second kappa shape index (κ2) is 8.98. The molecule has 34 heavy (non-hydrogen) atoms. The molecule has 0 spiro atoms. The maximum Gasteiger partial charge on any atom is 0.264 e. The molecule has 2 atom stereocenters. The van der Waals surface area contributed by atoms with Gasteiger partial charge in [-0.3, -0.25) is 19.3 Å². The van der Waals surface area contributed by atoms with Gasteiger partial charge < -0.3 is 24.4 Å². The first kappa shape index (κ1) is 22.2. The molecule has 3 amide bonds. The van der Waals surface area contributed by atoms with E-state index in [1.807, 2.05) is 0 Å². The minimum Gasteiger partial charge on any atom is -0.493 e. The molecule has 0 aliphatic carbocycles. The summed E-state index contributed by atoms with van der Waals surface area (Å²) in [6.07, 6.45) is 1.42. The molecule has 1 fully saturated rings. The van der Waals surface area contributed by atoms with Crippen molar-refractivity contribution >= 4 is 23.4 Å². The highest BCUT2D eigenvalue weighted by molar-refractivity contribution is 6.18. The van der Waals surface area contributed by atoms with E-state index in [1.54, 1.807) is 46.2 Å². The highest BCUT2D eigenvalue weighted by Gasteiger charge is 2.49. The van der Waals surface area contributed by atoms with Crippen LogP contribution in [-0.4, -0.2) is 62.6 Å². The highest BCUT2D eigenvalue weighted by atomic mass is 16.5. The van der Waals surface area contributed by atoms with E-state index in [2.05, 4.69) is 5.32 Å². The first-order valence-corrected chi connectivity index (χ1v) is 11.4. The molecule has 1 N–H and O–H groups in total. The normalized spacial score (nSPS) is 20.6. The summed E-state index contributed by atoms with van der Waals surface area (Å²) in [7, 11) is 3.00. The Hall–Kier alpha value is -3.59. The van der Waals surface area contributed by atoms with E-state index in [0.717, 1.165) is 19.4 Å².